The van der Waals surface area contributed by atoms with Crippen molar-refractivity contribution in [1.29, 1.82) is 0 Å². The van der Waals surface area contributed by atoms with Gasteiger partial charge in [-0.25, -0.2) is 10.2 Å². The summed E-state index contributed by atoms with van der Waals surface area (Å²) in [6.45, 7) is 0. The molecule has 4 nitrogen and oxygen atoms in total. The van der Waals surface area contributed by atoms with Gasteiger partial charge < -0.3 is 5.32 Å². The fourth-order valence-corrected chi connectivity index (χ4v) is 2.20. The molecule has 0 saturated heterocycles. The van der Waals surface area contributed by atoms with Crippen LogP contribution in [-0.2, 0) is 0 Å². The molecule has 0 aliphatic heterocycles. The van der Waals surface area contributed by atoms with Crippen LogP contribution in [0.5, 0.6) is 0 Å². The highest BCUT2D eigenvalue weighted by Crippen LogP contribution is 2.16. The third kappa shape index (κ3) is 3.30. The zero-order valence-corrected chi connectivity index (χ0v) is 11.9. The number of hydrazone groups is 1. The number of para-hydroxylation sites is 1. The van der Waals surface area contributed by atoms with Crippen LogP contribution in [0.1, 0.15) is 5.56 Å². The number of nitrogens with zero attached hydrogens (tertiary/aromatic N) is 1. The molecule has 0 radical (unpaired) electrons. The molecule has 4 heteroatoms. The van der Waals surface area contributed by atoms with E-state index in [4.69, 9.17) is 0 Å². The fourth-order valence-electron chi connectivity index (χ4n) is 2.20. The molecule has 0 heterocycles. The number of nitrogens with one attached hydrogen (secondary N) is 2. The van der Waals surface area contributed by atoms with Gasteiger partial charge >= 0.3 is 6.03 Å². The Hall–Kier alpha value is -3.14. The van der Waals surface area contributed by atoms with Gasteiger partial charge in [0.2, 0.25) is 0 Å². The summed E-state index contributed by atoms with van der Waals surface area (Å²) in [5, 5.41) is 8.94. The maximum atomic E-state index is 11.7. The lowest BCUT2D eigenvalue weighted by Crippen LogP contribution is -2.24. The summed E-state index contributed by atoms with van der Waals surface area (Å²) in [5.41, 5.74) is 4.14. The summed E-state index contributed by atoms with van der Waals surface area (Å²) in [7, 11) is 0. The average molecular weight is 289 g/mol. The molecule has 0 fully saturated rings. The molecule has 22 heavy (non-hydrogen) atoms. The molecule has 108 valence electrons. The summed E-state index contributed by atoms with van der Waals surface area (Å²) in [5.74, 6) is 0. The van der Waals surface area contributed by atoms with Crippen LogP contribution in [0.4, 0.5) is 10.5 Å². The molecule has 0 bridgehead atoms. The van der Waals surface area contributed by atoms with Gasteiger partial charge in [0.25, 0.3) is 0 Å². The third-order valence-electron chi connectivity index (χ3n) is 3.22. The SMILES string of the molecule is O=C(N/N=C/c1cccc2ccccc12)Nc1ccccc1. The number of benzene rings is 3. The van der Waals surface area contributed by atoms with Crippen molar-refractivity contribution in [2.45, 2.75) is 0 Å². The minimum atomic E-state index is -0.373. The minimum Gasteiger partial charge on any atom is -0.307 e. The standard InChI is InChI=1S/C18H15N3O/c22-18(20-16-10-2-1-3-11-16)21-19-13-15-9-6-8-14-7-4-5-12-17(14)15/h1-13H,(H2,20,21,22)/b19-13+. The summed E-state index contributed by atoms with van der Waals surface area (Å²) < 4.78 is 0. The predicted molar refractivity (Wildman–Crippen MR) is 90.1 cm³/mol. The highest BCUT2D eigenvalue weighted by Gasteiger charge is 1.99. The Balaban J connectivity index is 1.67. The molecule has 3 rings (SSSR count). The van der Waals surface area contributed by atoms with Crippen molar-refractivity contribution in [3.05, 3.63) is 78.4 Å². The molecule has 2 amide bonds. The lowest BCUT2D eigenvalue weighted by molar-refractivity contribution is 0.252. The van der Waals surface area contributed by atoms with Crippen molar-refractivity contribution in [2.75, 3.05) is 5.32 Å². The number of anilines is 1. The predicted octanol–water partition coefficient (Wildman–Crippen LogP) is 4.00. The molecule has 0 spiro atoms. The van der Waals surface area contributed by atoms with Gasteiger partial charge in [0.1, 0.15) is 0 Å². The smallest absolute Gasteiger partial charge is 0.307 e. The van der Waals surface area contributed by atoms with Gasteiger partial charge in [0.15, 0.2) is 0 Å². The molecular weight excluding hydrogens is 274 g/mol. The lowest BCUT2D eigenvalue weighted by Gasteiger charge is -2.04. The lowest BCUT2D eigenvalue weighted by atomic mass is 10.1. The monoisotopic (exact) mass is 289 g/mol. The molecule has 0 aliphatic rings. The number of rotatable bonds is 3. The van der Waals surface area contributed by atoms with Crippen molar-refractivity contribution in [3.8, 4) is 0 Å². The maximum absolute atomic E-state index is 11.7. The van der Waals surface area contributed by atoms with E-state index in [1.165, 1.54) is 0 Å². The van der Waals surface area contributed by atoms with Crippen LogP contribution < -0.4 is 10.7 Å². The first-order chi connectivity index (χ1) is 10.8. The Morgan fingerprint density at radius 2 is 1.59 bits per heavy atom. The number of urea groups is 1. The molecular formula is C18H15N3O. The van der Waals surface area contributed by atoms with E-state index in [0.717, 1.165) is 22.0 Å². The first-order valence-electron chi connectivity index (χ1n) is 6.96. The van der Waals surface area contributed by atoms with Gasteiger partial charge in [-0.2, -0.15) is 5.10 Å². The average Bonchev–Trinajstić information content (AvgIpc) is 2.56. The number of fused-ring (bicyclic) bond motifs is 1. The summed E-state index contributed by atoms with van der Waals surface area (Å²) in [4.78, 5) is 11.7. The second-order valence-electron chi connectivity index (χ2n) is 4.76. The van der Waals surface area contributed by atoms with Crippen LogP contribution in [0.3, 0.4) is 0 Å². The van der Waals surface area contributed by atoms with E-state index in [0.29, 0.717) is 0 Å². The quantitative estimate of drug-likeness (QED) is 0.556. The number of carbonyl (C=O) groups is 1. The molecule has 0 aromatic heterocycles. The molecule has 2 N–H and O–H groups in total. The van der Waals surface area contributed by atoms with Crippen molar-refractivity contribution >= 4 is 28.7 Å². The first-order valence-corrected chi connectivity index (χ1v) is 6.96. The number of hydrogen-bond acceptors (Lipinski definition) is 2. The van der Waals surface area contributed by atoms with Crippen LogP contribution in [-0.4, -0.2) is 12.2 Å². The highest BCUT2D eigenvalue weighted by molar-refractivity contribution is 6.00. The van der Waals surface area contributed by atoms with Gasteiger partial charge in [0, 0.05) is 11.3 Å². The topological polar surface area (TPSA) is 53.5 Å². The van der Waals surface area contributed by atoms with E-state index in [1.807, 2.05) is 72.8 Å². The Labute approximate surface area is 128 Å². The van der Waals surface area contributed by atoms with Gasteiger partial charge in [-0.3, -0.25) is 0 Å². The summed E-state index contributed by atoms with van der Waals surface area (Å²) >= 11 is 0. The molecule has 3 aromatic carbocycles. The van der Waals surface area contributed by atoms with Gasteiger partial charge in [-0.05, 0) is 22.9 Å². The first kappa shape index (κ1) is 13.8. The van der Waals surface area contributed by atoms with Crippen molar-refractivity contribution in [1.82, 2.24) is 5.43 Å². The van der Waals surface area contributed by atoms with Crippen LogP contribution in [0, 0.1) is 0 Å². The van der Waals surface area contributed by atoms with E-state index in [-0.39, 0.29) is 6.03 Å². The van der Waals surface area contributed by atoms with Crippen molar-refractivity contribution in [3.63, 3.8) is 0 Å². The third-order valence-corrected chi connectivity index (χ3v) is 3.22. The number of carbonyl (C=O) groups excluding carboxylic acids is 1. The van der Waals surface area contributed by atoms with Crippen molar-refractivity contribution in [2.24, 2.45) is 5.10 Å². The summed E-state index contributed by atoms with van der Waals surface area (Å²) in [6, 6.07) is 22.9. The van der Waals surface area contributed by atoms with Gasteiger partial charge in [-0.15, -0.1) is 0 Å². The molecule has 0 unspecified atom stereocenters. The van der Waals surface area contributed by atoms with Gasteiger partial charge in [0.05, 0.1) is 6.21 Å². The Morgan fingerprint density at radius 1 is 0.864 bits per heavy atom. The Kier molecular flexibility index (Phi) is 4.11. The van der Waals surface area contributed by atoms with E-state index >= 15 is 0 Å². The fraction of sp³-hybridized carbons (Fsp3) is 0. The van der Waals surface area contributed by atoms with Crippen LogP contribution in [0.25, 0.3) is 10.8 Å². The molecule has 0 atom stereocenters. The van der Waals surface area contributed by atoms with Crippen molar-refractivity contribution < 1.29 is 4.79 Å². The number of amides is 2. The Morgan fingerprint density at radius 3 is 2.45 bits per heavy atom. The molecule has 0 aliphatic carbocycles. The molecule has 0 saturated carbocycles. The van der Waals surface area contributed by atoms with Crippen LogP contribution in [0.15, 0.2) is 77.9 Å². The number of hydrogen-bond donors (Lipinski definition) is 2. The van der Waals surface area contributed by atoms with Crippen LogP contribution in [0.2, 0.25) is 0 Å². The second kappa shape index (κ2) is 6.54. The van der Waals surface area contributed by atoms with E-state index in [9.17, 15) is 4.79 Å². The van der Waals surface area contributed by atoms with E-state index in [2.05, 4.69) is 15.8 Å². The largest absolute Gasteiger partial charge is 0.339 e. The minimum absolute atomic E-state index is 0.373. The highest BCUT2D eigenvalue weighted by atomic mass is 16.2. The van der Waals surface area contributed by atoms with Gasteiger partial charge in [-0.1, -0.05) is 60.7 Å². The Bertz CT molecular complexity index is 807. The zero-order chi connectivity index (χ0) is 15.2. The van der Waals surface area contributed by atoms with Crippen LogP contribution >= 0.6 is 0 Å². The second-order valence-corrected chi connectivity index (χ2v) is 4.76. The van der Waals surface area contributed by atoms with E-state index < -0.39 is 0 Å². The zero-order valence-electron chi connectivity index (χ0n) is 11.9. The normalized spacial score (nSPS) is 10.7. The maximum Gasteiger partial charge on any atom is 0.339 e. The van der Waals surface area contributed by atoms with E-state index in [1.54, 1.807) is 6.21 Å². The molecule has 3 aromatic rings. The summed E-state index contributed by atoms with van der Waals surface area (Å²) in [6.07, 6.45) is 1.65.